The smallest absolute Gasteiger partial charge is 0.317 e. The van der Waals surface area contributed by atoms with Crippen LogP contribution in [0.3, 0.4) is 0 Å². The van der Waals surface area contributed by atoms with Crippen LogP contribution in [0.15, 0.2) is 34.9 Å². The summed E-state index contributed by atoms with van der Waals surface area (Å²) < 4.78 is 18.5. The van der Waals surface area contributed by atoms with Crippen molar-refractivity contribution in [3.05, 3.63) is 42.0 Å². The van der Waals surface area contributed by atoms with E-state index >= 15 is 0 Å². The van der Waals surface area contributed by atoms with Gasteiger partial charge in [0.15, 0.2) is 0 Å². The van der Waals surface area contributed by atoms with E-state index in [1.54, 1.807) is 18.4 Å². The molecule has 0 unspecified atom stereocenters. The zero-order valence-corrected chi connectivity index (χ0v) is 16.1. The summed E-state index contributed by atoms with van der Waals surface area (Å²) >= 11 is 0. The fraction of sp³-hybridized carbons (Fsp3) is 0.474. The monoisotopic (exact) mass is 397 g/mol. The lowest BCUT2D eigenvalue weighted by atomic mass is 10.0. The van der Waals surface area contributed by atoms with E-state index in [-0.39, 0.29) is 24.8 Å². The first-order valence-corrected chi connectivity index (χ1v) is 8.93. The normalized spacial score (nSPS) is 15.7. The summed E-state index contributed by atoms with van der Waals surface area (Å²) in [6, 6.07) is 6.40. The maximum absolute atomic E-state index is 13.0. The Bertz CT molecular complexity index is 730. The number of likely N-dealkylation sites (tertiary alicyclic amines) is 1. The molecule has 2 heterocycles. The third-order valence-electron chi connectivity index (χ3n) is 4.85. The molecule has 0 saturated carbocycles. The van der Waals surface area contributed by atoms with Crippen molar-refractivity contribution >= 4 is 18.4 Å². The summed E-state index contributed by atoms with van der Waals surface area (Å²) in [6.45, 7) is 5.36. The maximum atomic E-state index is 13.0. The van der Waals surface area contributed by atoms with E-state index in [0.29, 0.717) is 18.5 Å². The standard InChI is InChI=1S/C19H24FN3O3.ClH/c1-2-23(12-18(24)25)17-7-9-22(10-8-17)11-16-13-26-19(21-16)14-3-5-15(20)6-4-14;/h3-6,13,17H,2,7-12H2,1H3,(H,24,25);1H. The molecule has 27 heavy (non-hydrogen) atoms. The number of carbonyl (C=O) groups is 1. The summed E-state index contributed by atoms with van der Waals surface area (Å²) in [7, 11) is 0. The number of piperidine rings is 1. The van der Waals surface area contributed by atoms with Crippen LogP contribution < -0.4 is 0 Å². The molecule has 0 amide bonds. The van der Waals surface area contributed by atoms with Gasteiger partial charge in [0.25, 0.3) is 0 Å². The SMILES string of the molecule is CCN(CC(=O)O)C1CCN(Cc2coc(-c3ccc(F)cc3)n2)CC1.Cl. The van der Waals surface area contributed by atoms with Crippen molar-refractivity contribution in [3.8, 4) is 11.5 Å². The number of rotatable bonds is 7. The molecule has 148 valence electrons. The third kappa shape index (κ3) is 5.76. The number of likely N-dealkylation sites (N-methyl/N-ethyl adjacent to an activating group) is 1. The average molecular weight is 398 g/mol. The van der Waals surface area contributed by atoms with E-state index in [9.17, 15) is 9.18 Å². The highest BCUT2D eigenvalue weighted by Gasteiger charge is 2.25. The van der Waals surface area contributed by atoms with E-state index in [1.165, 1.54) is 12.1 Å². The van der Waals surface area contributed by atoms with Crippen LogP contribution in [0.25, 0.3) is 11.5 Å². The van der Waals surface area contributed by atoms with Crippen molar-refractivity contribution in [2.45, 2.75) is 32.4 Å². The first kappa shape index (κ1) is 21.3. The molecule has 0 atom stereocenters. The lowest BCUT2D eigenvalue weighted by Gasteiger charge is -2.37. The summed E-state index contributed by atoms with van der Waals surface area (Å²) in [6.07, 6.45) is 3.54. The molecule has 2 aromatic rings. The van der Waals surface area contributed by atoms with Gasteiger partial charge in [0, 0.05) is 31.2 Å². The fourth-order valence-corrected chi connectivity index (χ4v) is 3.45. The Morgan fingerprint density at radius 1 is 1.33 bits per heavy atom. The second kappa shape index (κ2) is 9.82. The Labute approximate surface area is 164 Å². The van der Waals surface area contributed by atoms with Crippen LogP contribution >= 0.6 is 12.4 Å². The zero-order chi connectivity index (χ0) is 18.5. The van der Waals surface area contributed by atoms with Gasteiger partial charge in [0.05, 0.1) is 12.2 Å². The molecule has 1 aliphatic rings. The zero-order valence-electron chi connectivity index (χ0n) is 15.3. The molecule has 1 aromatic carbocycles. The fourth-order valence-electron chi connectivity index (χ4n) is 3.45. The molecule has 6 nitrogen and oxygen atoms in total. The second-order valence-corrected chi connectivity index (χ2v) is 6.62. The molecule has 0 radical (unpaired) electrons. The minimum absolute atomic E-state index is 0. The van der Waals surface area contributed by atoms with Gasteiger partial charge in [-0.25, -0.2) is 9.37 Å². The number of benzene rings is 1. The van der Waals surface area contributed by atoms with Gasteiger partial charge in [-0.15, -0.1) is 12.4 Å². The Balaban J connectivity index is 0.00000261. The molecule has 1 aliphatic heterocycles. The van der Waals surface area contributed by atoms with Crippen molar-refractivity contribution in [2.24, 2.45) is 0 Å². The Hall–Kier alpha value is -1.96. The first-order chi connectivity index (χ1) is 12.5. The largest absolute Gasteiger partial charge is 0.480 e. The van der Waals surface area contributed by atoms with Crippen molar-refractivity contribution in [1.82, 2.24) is 14.8 Å². The molecule has 3 rings (SSSR count). The number of carboxylic acid groups (broad SMARTS) is 1. The lowest BCUT2D eigenvalue weighted by Crippen LogP contribution is -2.46. The van der Waals surface area contributed by atoms with Crippen LogP contribution in [0.5, 0.6) is 0 Å². The molecule has 1 aromatic heterocycles. The van der Waals surface area contributed by atoms with Crippen LogP contribution in [0, 0.1) is 5.82 Å². The van der Waals surface area contributed by atoms with Crippen LogP contribution in [0.1, 0.15) is 25.5 Å². The highest BCUT2D eigenvalue weighted by molar-refractivity contribution is 5.85. The van der Waals surface area contributed by atoms with Gasteiger partial charge in [-0.2, -0.15) is 0 Å². The average Bonchev–Trinajstić information content (AvgIpc) is 3.09. The summed E-state index contributed by atoms with van der Waals surface area (Å²) in [5.74, 6) is -0.564. The Morgan fingerprint density at radius 2 is 2.00 bits per heavy atom. The van der Waals surface area contributed by atoms with Crippen LogP contribution in [0.2, 0.25) is 0 Å². The van der Waals surface area contributed by atoms with E-state index < -0.39 is 5.97 Å². The van der Waals surface area contributed by atoms with Crippen molar-refractivity contribution in [2.75, 3.05) is 26.2 Å². The highest BCUT2D eigenvalue weighted by atomic mass is 35.5. The maximum Gasteiger partial charge on any atom is 0.317 e. The van der Waals surface area contributed by atoms with Gasteiger partial charge < -0.3 is 9.52 Å². The molecule has 1 saturated heterocycles. The topological polar surface area (TPSA) is 69.8 Å². The molecule has 1 fully saturated rings. The highest BCUT2D eigenvalue weighted by Crippen LogP contribution is 2.22. The summed E-state index contributed by atoms with van der Waals surface area (Å²) in [4.78, 5) is 19.8. The van der Waals surface area contributed by atoms with Gasteiger partial charge in [-0.3, -0.25) is 14.6 Å². The number of oxazole rings is 1. The van der Waals surface area contributed by atoms with Gasteiger partial charge in [-0.05, 0) is 43.7 Å². The number of carboxylic acids is 1. The Kier molecular flexibility index (Phi) is 7.77. The molecule has 0 aliphatic carbocycles. The van der Waals surface area contributed by atoms with Gasteiger partial charge in [0.1, 0.15) is 12.1 Å². The predicted octanol–water partition coefficient (Wildman–Crippen LogP) is 3.27. The number of aliphatic carboxylic acids is 1. The van der Waals surface area contributed by atoms with E-state index in [0.717, 1.165) is 43.7 Å². The van der Waals surface area contributed by atoms with Gasteiger partial charge in [-0.1, -0.05) is 6.92 Å². The lowest BCUT2D eigenvalue weighted by molar-refractivity contribution is -0.139. The first-order valence-electron chi connectivity index (χ1n) is 8.93. The summed E-state index contributed by atoms with van der Waals surface area (Å²) in [5.41, 5.74) is 1.60. The van der Waals surface area contributed by atoms with E-state index in [1.807, 2.05) is 11.8 Å². The molecule has 8 heteroatoms. The second-order valence-electron chi connectivity index (χ2n) is 6.62. The molecule has 0 spiro atoms. The summed E-state index contributed by atoms with van der Waals surface area (Å²) in [5, 5.41) is 9.01. The number of halogens is 2. The minimum Gasteiger partial charge on any atom is -0.480 e. The quantitative estimate of drug-likeness (QED) is 0.773. The molecular weight excluding hydrogens is 373 g/mol. The number of nitrogens with zero attached hydrogens (tertiary/aromatic N) is 3. The van der Waals surface area contributed by atoms with Crippen LogP contribution in [-0.4, -0.2) is 58.1 Å². The van der Waals surface area contributed by atoms with E-state index in [4.69, 9.17) is 9.52 Å². The van der Waals surface area contributed by atoms with Gasteiger partial charge >= 0.3 is 5.97 Å². The van der Waals surface area contributed by atoms with Crippen molar-refractivity contribution in [1.29, 1.82) is 0 Å². The molecule has 0 bridgehead atoms. The number of aromatic nitrogens is 1. The van der Waals surface area contributed by atoms with Crippen molar-refractivity contribution in [3.63, 3.8) is 0 Å². The van der Waals surface area contributed by atoms with E-state index in [2.05, 4.69) is 9.88 Å². The number of hydrogen-bond donors (Lipinski definition) is 1. The predicted molar refractivity (Wildman–Crippen MR) is 102 cm³/mol. The van der Waals surface area contributed by atoms with Crippen molar-refractivity contribution < 1.29 is 18.7 Å². The molecular formula is C19H25ClFN3O3. The minimum atomic E-state index is -0.773. The third-order valence-corrected chi connectivity index (χ3v) is 4.85. The van der Waals surface area contributed by atoms with Crippen LogP contribution in [-0.2, 0) is 11.3 Å². The Morgan fingerprint density at radius 3 is 2.59 bits per heavy atom. The number of hydrogen-bond acceptors (Lipinski definition) is 5. The van der Waals surface area contributed by atoms with Crippen LogP contribution in [0.4, 0.5) is 4.39 Å². The molecule has 1 N–H and O–H groups in total. The van der Waals surface area contributed by atoms with Gasteiger partial charge in [0.2, 0.25) is 5.89 Å².